The summed E-state index contributed by atoms with van der Waals surface area (Å²) in [4.78, 5) is 21.3. The van der Waals surface area contributed by atoms with E-state index in [1.54, 1.807) is 0 Å². The molecule has 0 aromatic heterocycles. The first kappa shape index (κ1) is 12.2. The third-order valence-corrected chi connectivity index (χ3v) is 2.13. The van der Waals surface area contributed by atoms with Crippen LogP contribution >= 0.6 is 0 Å². The van der Waals surface area contributed by atoms with Gasteiger partial charge in [0, 0.05) is 6.42 Å². The van der Waals surface area contributed by atoms with Gasteiger partial charge in [-0.15, -0.1) is 0 Å². The Hall–Kier alpha value is -1.84. The van der Waals surface area contributed by atoms with E-state index in [2.05, 4.69) is 0 Å². The molecule has 0 atom stereocenters. The second kappa shape index (κ2) is 5.90. The Morgan fingerprint density at radius 1 is 1.31 bits per heavy atom. The summed E-state index contributed by atoms with van der Waals surface area (Å²) in [5, 5.41) is 8.45. The highest BCUT2D eigenvalue weighted by atomic mass is 16.5. The molecule has 0 radical (unpaired) electrons. The van der Waals surface area contributed by atoms with Crippen LogP contribution in [0.5, 0.6) is 5.75 Å². The number of benzene rings is 1. The lowest BCUT2D eigenvalue weighted by Gasteiger charge is -2.08. The van der Waals surface area contributed by atoms with Crippen molar-refractivity contribution in [1.82, 2.24) is 0 Å². The van der Waals surface area contributed by atoms with E-state index in [0.717, 1.165) is 5.56 Å². The Morgan fingerprint density at radius 3 is 2.62 bits per heavy atom. The number of ether oxygens (including phenoxy) is 1. The summed E-state index contributed by atoms with van der Waals surface area (Å²) in [6, 6.07) is 7.32. The lowest BCUT2D eigenvalue weighted by molar-refractivity contribution is -0.149. The van der Waals surface area contributed by atoms with Crippen molar-refractivity contribution in [2.24, 2.45) is 0 Å². The maximum absolute atomic E-state index is 10.9. The van der Waals surface area contributed by atoms with E-state index in [4.69, 9.17) is 9.84 Å². The number of aryl methyl sites for hydroxylation is 1. The van der Waals surface area contributed by atoms with Gasteiger partial charge >= 0.3 is 5.97 Å². The highest BCUT2D eigenvalue weighted by Gasteiger charge is 2.12. The van der Waals surface area contributed by atoms with Crippen LogP contribution < -0.4 is 4.74 Å². The van der Waals surface area contributed by atoms with Crippen molar-refractivity contribution in [3.8, 4) is 5.75 Å². The van der Waals surface area contributed by atoms with Gasteiger partial charge in [0.25, 0.3) is 0 Å². The molecule has 0 bridgehead atoms. The average molecular weight is 222 g/mol. The van der Waals surface area contributed by atoms with Gasteiger partial charge in [0.1, 0.15) is 5.75 Å². The minimum atomic E-state index is -1.38. The number of carbonyl (C=O) groups excluding carboxylic acids is 1. The molecule has 1 aromatic rings. The van der Waals surface area contributed by atoms with Crippen molar-refractivity contribution in [3.05, 3.63) is 29.8 Å². The van der Waals surface area contributed by atoms with E-state index in [-0.39, 0.29) is 6.42 Å². The monoisotopic (exact) mass is 222 g/mol. The molecule has 0 amide bonds. The van der Waals surface area contributed by atoms with Crippen LogP contribution in [0.25, 0.3) is 0 Å². The van der Waals surface area contributed by atoms with Crippen molar-refractivity contribution in [2.45, 2.75) is 19.8 Å². The topological polar surface area (TPSA) is 63.6 Å². The van der Waals surface area contributed by atoms with E-state index in [9.17, 15) is 9.59 Å². The molecule has 4 nitrogen and oxygen atoms in total. The maximum Gasteiger partial charge on any atom is 0.372 e. The van der Waals surface area contributed by atoms with Crippen LogP contribution in [0.4, 0.5) is 0 Å². The molecule has 0 spiro atoms. The highest BCUT2D eigenvalue weighted by molar-refractivity contribution is 6.32. The fraction of sp³-hybridized carbons (Fsp3) is 0.333. The van der Waals surface area contributed by atoms with Gasteiger partial charge in [0.15, 0.2) is 0 Å². The van der Waals surface area contributed by atoms with Gasteiger partial charge < -0.3 is 9.84 Å². The van der Waals surface area contributed by atoms with Crippen LogP contribution in [0, 0.1) is 0 Å². The van der Waals surface area contributed by atoms with Crippen molar-refractivity contribution in [2.75, 3.05) is 6.61 Å². The lowest BCUT2D eigenvalue weighted by Crippen LogP contribution is -2.13. The fourth-order valence-corrected chi connectivity index (χ4v) is 1.36. The molecule has 0 fully saturated rings. The number of para-hydroxylation sites is 1. The Labute approximate surface area is 93.9 Å². The van der Waals surface area contributed by atoms with Crippen LogP contribution in [-0.4, -0.2) is 23.5 Å². The van der Waals surface area contributed by atoms with E-state index in [1.807, 2.05) is 31.2 Å². The van der Waals surface area contributed by atoms with Crippen LogP contribution in [0.2, 0.25) is 0 Å². The molecule has 1 N–H and O–H groups in total. The Bertz CT molecular complexity index is 384. The first-order valence-corrected chi connectivity index (χ1v) is 5.12. The normalized spacial score (nSPS) is 9.81. The first-order valence-electron chi connectivity index (χ1n) is 5.12. The highest BCUT2D eigenvalue weighted by Crippen LogP contribution is 2.19. The average Bonchev–Trinajstić information content (AvgIpc) is 2.27. The van der Waals surface area contributed by atoms with Gasteiger partial charge in [0.2, 0.25) is 5.78 Å². The first-order chi connectivity index (χ1) is 7.65. The number of aliphatic carboxylic acids is 1. The molecule has 1 rings (SSSR count). The maximum atomic E-state index is 10.9. The molecule has 16 heavy (non-hydrogen) atoms. The van der Waals surface area contributed by atoms with E-state index in [1.165, 1.54) is 0 Å². The predicted octanol–water partition coefficient (Wildman–Crippen LogP) is 1.67. The van der Waals surface area contributed by atoms with Gasteiger partial charge in [-0.1, -0.05) is 18.2 Å². The van der Waals surface area contributed by atoms with Gasteiger partial charge in [-0.25, -0.2) is 4.79 Å². The number of hydrogen-bond donors (Lipinski definition) is 1. The molecule has 0 aliphatic heterocycles. The van der Waals surface area contributed by atoms with Crippen molar-refractivity contribution in [1.29, 1.82) is 0 Å². The summed E-state index contributed by atoms with van der Waals surface area (Å²) < 4.78 is 5.37. The summed E-state index contributed by atoms with van der Waals surface area (Å²) >= 11 is 0. The summed E-state index contributed by atoms with van der Waals surface area (Å²) in [5.74, 6) is -1.44. The van der Waals surface area contributed by atoms with Crippen molar-refractivity contribution in [3.63, 3.8) is 0 Å². The molecule has 1 aromatic carbocycles. The fourth-order valence-electron chi connectivity index (χ4n) is 1.36. The minimum Gasteiger partial charge on any atom is -0.494 e. The smallest absolute Gasteiger partial charge is 0.372 e. The molecule has 86 valence electrons. The minimum absolute atomic E-state index is 0.000574. The van der Waals surface area contributed by atoms with Gasteiger partial charge in [-0.05, 0) is 25.0 Å². The summed E-state index contributed by atoms with van der Waals surface area (Å²) in [6.45, 7) is 2.42. The number of carbonyl (C=O) groups is 2. The van der Waals surface area contributed by atoms with Gasteiger partial charge in [-0.3, -0.25) is 4.79 Å². The number of carboxylic acid groups (broad SMARTS) is 1. The molecule has 0 aliphatic rings. The molecule has 0 saturated carbocycles. The van der Waals surface area contributed by atoms with E-state index < -0.39 is 11.8 Å². The van der Waals surface area contributed by atoms with Crippen LogP contribution in [0.15, 0.2) is 24.3 Å². The SMILES string of the molecule is CCOc1ccccc1CCC(=O)C(=O)O. The number of ketones is 1. The van der Waals surface area contributed by atoms with Gasteiger partial charge in [-0.2, -0.15) is 0 Å². The standard InChI is InChI=1S/C12H14O4/c1-2-16-11-6-4-3-5-9(11)7-8-10(13)12(14)15/h3-6H,2,7-8H2,1H3,(H,14,15). The molecule has 0 saturated heterocycles. The third kappa shape index (κ3) is 3.38. The number of rotatable bonds is 6. The molecule has 0 aliphatic carbocycles. The van der Waals surface area contributed by atoms with Gasteiger partial charge in [0.05, 0.1) is 6.61 Å². The number of hydrogen-bond acceptors (Lipinski definition) is 3. The van der Waals surface area contributed by atoms with Crippen molar-refractivity contribution < 1.29 is 19.4 Å². The quantitative estimate of drug-likeness (QED) is 0.743. The Balaban J connectivity index is 2.66. The molecule has 0 unspecified atom stereocenters. The molecular weight excluding hydrogens is 208 g/mol. The zero-order chi connectivity index (χ0) is 12.0. The van der Waals surface area contributed by atoms with Crippen LogP contribution in [0.3, 0.4) is 0 Å². The second-order valence-corrected chi connectivity index (χ2v) is 3.27. The number of Topliss-reactive ketones (excluding diaryl/α,β-unsaturated/α-hetero) is 1. The Kier molecular flexibility index (Phi) is 4.51. The molecular formula is C12H14O4. The summed E-state index contributed by atoms with van der Waals surface area (Å²) in [5.41, 5.74) is 0.860. The zero-order valence-electron chi connectivity index (χ0n) is 9.10. The molecule has 0 heterocycles. The second-order valence-electron chi connectivity index (χ2n) is 3.27. The summed E-state index contributed by atoms with van der Waals surface area (Å²) in [6.07, 6.45) is 0.390. The summed E-state index contributed by atoms with van der Waals surface area (Å²) in [7, 11) is 0. The van der Waals surface area contributed by atoms with Crippen LogP contribution in [-0.2, 0) is 16.0 Å². The van der Waals surface area contributed by atoms with E-state index in [0.29, 0.717) is 18.8 Å². The lowest BCUT2D eigenvalue weighted by atomic mass is 10.1. The number of carboxylic acids is 1. The Morgan fingerprint density at radius 2 is 2.00 bits per heavy atom. The predicted molar refractivity (Wildman–Crippen MR) is 58.6 cm³/mol. The van der Waals surface area contributed by atoms with Crippen LogP contribution in [0.1, 0.15) is 18.9 Å². The van der Waals surface area contributed by atoms with E-state index >= 15 is 0 Å². The molecule has 4 heteroatoms. The largest absolute Gasteiger partial charge is 0.494 e. The zero-order valence-corrected chi connectivity index (χ0v) is 9.10. The van der Waals surface area contributed by atoms with Crippen molar-refractivity contribution >= 4 is 11.8 Å². The third-order valence-electron chi connectivity index (χ3n) is 2.13.